The fourth-order valence-electron chi connectivity index (χ4n) is 7.12. The van der Waals surface area contributed by atoms with E-state index in [4.69, 9.17) is 28.4 Å². The van der Waals surface area contributed by atoms with E-state index < -0.39 is 127 Å². The van der Waals surface area contributed by atoms with E-state index in [1.54, 1.807) is 0 Å². The predicted octanol–water partition coefficient (Wildman–Crippen LogP) is -5.49. The number of hydrogen-bond acceptors (Lipinski definition) is 21. The number of amides is 1. The molecule has 8 N–H and O–H groups in total. The molecular weight excluding hydrogens is 849 g/mol. The second-order valence-corrected chi connectivity index (χ2v) is 15.7. The maximum absolute atomic E-state index is 14.1. The number of aliphatic hydroxyl groups is 7. The van der Waals surface area contributed by atoms with E-state index in [0.717, 1.165) is 19.3 Å². The minimum Gasteiger partial charge on any atom is -0.726 e. The molecule has 342 valence electrons. The molecular formula is C37H56NNaO21S. The molecule has 3 heterocycles. The number of hydrogen-bond donors (Lipinski definition) is 8. The van der Waals surface area contributed by atoms with Gasteiger partial charge in [0.1, 0.15) is 67.1 Å². The van der Waals surface area contributed by atoms with E-state index in [-0.39, 0.29) is 53.3 Å². The molecule has 3 saturated heterocycles. The molecule has 0 spiro atoms. The van der Waals surface area contributed by atoms with Crippen LogP contribution in [-0.4, -0.2) is 185 Å². The standard InChI is InChI=1S/C37H57NO21S.Na/c1-18(41)20-12-9-10-13-21(20)34(48)38-25-32(58-36-29(46)28(45)26(43)19(2)54-36)31(57-37-30(47)33(59-60(49,50)51)27(44)22(16-39)55-37)23(17-40)56-35(25)53-15-11-7-5-4-6-8-14-24(42)52-3;/h9-10,12-13,19,22-23,25-33,35-37,39-40,43-47H,4-8,11,14-17H2,1-3H3,(H,38,48)(H,49,50,51);/q;+1/p-1/t19-,22+,23+,25+,26+,27-,28+,29-,30+,31+,32+,33-,35+,36-,37-;/m0./s1. The molecule has 3 aliphatic heterocycles. The van der Waals surface area contributed by atoms with E-state index in [9.17, 15) is 63.1 Å². The van der Waals surface area contributed by atoms with Crippen LogP contribution in [0.15, 0.2) is 24.3 Å². The van der Waals surface area contributed by atoms with Gasteiger partial charge in [0.2, 0.25) is 10.4 Å². The summed E-state index contributed by atoms with van der Waals surface area (Å²) < 4.78 is 79.5. The number of nitrogens with one attached hydrogen (secondary N) is 1. The number of ether oxygens (including phenoxy) is 7. The summed E-state index contributed by atoms with van der Waals surface area (Å²) in [6, 6.07) is 4.26. The number of carbonyl (C=O) groups is 3. The Kier molecular flexibility index (Phi) is 22.0. The monoisotopic (exact) mass is 905 g/mol. The molecule has 0 saturated carbocycles. The molecule has 0 bridgehead atoms. The van der Waals surface area contributed by atoms with Crippen molar-refractivity contribution in [3.05, 3.63) is 35.4 Å². The van der Waals surface area contributed by atoms with E-state index >= 15 is 0 Å². The van der Waals surface area contributed by atoms with Crippen molar-refractivity contribution in [3.63, 3.8) is 0 Å². The zero-order valence-electron chi connectivity index (χ0n) is 34.3. The number of esters is 1. The summed E-state index contributed by atoms with van der Waals surface area (Å²) in [6.07, 6.45) is -20.8. The molecule has 61 heavy (non-hydrogen) atoms. The van der Waals surface area contributed by atoms with E-state index in [1.807, 2.05) is 0 Å². The topological polar surface area (TPSA) is 336 Å². The zero-order chi connectivity index (χ0) is 44.3. The molecule has 0 radical (unpaired) electrons. The number of rotatable bonds is 21. The molecule has 1 amide bonds. The number of carbonyl (C=O) groups excluding carboxylic acids is 3. The Morgan fingerprint density at radius 3 is 1.92 bits per heavy atom. The summed E-state index contributed by atoms with van der Waals surface area (Å²) in [5.41, 5.74) is -0.0693. The Bertz CT molecular complexity index is 1660. The van der Waals surface area contributed by atoms with Gasteiger partial charge in [-0.15, -0.1) is 0 Å². The van der Waals surface area contributed by atoms with Crippen LogP contribution < -0.4 is 34.9 Å². The van der Waals surface area contributed by atoms with E-state index in [1.165, 1.54) is 45.2 Å². The van der Waals surface area contributed by atoms with Crippen LogP contribution in [0.3, 0.4) is 0 Å². The van der Waals surface area contributed by atoms with Gasteiger partial charge in [-0.2, -0.15) is 0 Å². The van der Waals surface area contributed by atoms with Crippen LogP contribution in [-0.2, 0) is 52.5 Å². The minimum absolute atomic E-state index is 0. The molecule has 1 aromatic rings. The molecule has 22 nitrogen and oxygen atoms in total. The largest absolute Gasteiger partial charge is 1.00 e. The molecule has 1 aromatic carbocycles. The van der Waals surface area contributed by atoms with Gasteiger partial charge in [0, 0.05) is 18.6 Å². The molecule has 0 aliphatic carbocycles. The maximum Gasteiger partial charge on any atom is 1.00 e. The Morgan fingerprint density at radius 1 is 0.738 bits per heavy atom. The average molecular weight is 906 g/mol. The van der Waals surface area contributed by atoms with Gasteiger partial charge in [-0.3, -0.25) is 18.6 Å². The minimum atomic E-state index is -5.58. The summed E-state index contributed by atoms with van der Waals surface area (Å²) >= 11 is 0. The molecule has 24 heteroatoms. The third-order valence-corrected chi connectivity index (χ3v) is 10.9. The van der Waals surface area contributed by atoms with Crippen molar-refractivity contribution >= 4 is 28.1 Å². The number of benzene rings is 1. The molecule has 4 rings (SSSR count). The number of Topliss-reactive ketones (excluding diaryl/α,β-unsaturated/α-hetero) is 1. The molecule has 0 unspecified atom stereocenters. The normalized spacial score (nSPS) is 34.2. The van der Waals surface area contributed by atoms with Crippen molar-refractivity contribution in [3.8, 4) is 0 Å². The molecule has 3 aliphatic rings. The van der Waals surface area contributed by atoms with Gasteiger partial charge < -0.3 is 78.8 Å². The van der Waals surface area contributed by atoms with Gasteiger partial charge in [0.25, 0.3) is 5.91 Å². The summed E-state index contributed by atoms with van der Waals surface area (Å²) in [7, 11) is -4.26. The zero-order valence-corrected chi connectivity index (χ0v) is 37.1. The van der Waals surface area contributed by atoms with Crippen LogP contribution in [0.25, 0.3) is 0 Å². The predicted molar refractivity (Wildman–Crippen MR) is 198 cm³/mol. The summed E-state index contributed by atoms with van der Waals surface area (Å²) in [6.45, 7) is 0.707. The SMILES string of the molecule is COC(=O)CCCCCCCCO[C@@H]1O[C@H](CO)[C@@H](O[C@@H]2O[C@H](CO)[C@H](O)[C@H](OS(=O)(=O)[O-])[C@H]2O)[C@H](O[C@@H]2O[C@@H](C)[C@@H](O)[C@@H](O)[C@@H]2O)[C@H]1NC(=O)c1ccccc1C(C)=O.[Na+]. The third kappa shape index (κ3) is 14.6. The number of aliphatic hydroxyl groups excluding tert-OH is 7. The Balaban J connectivity index is 0.00000992. The van der Waals surface area contributed by atoms with Crippen LogP contribution in [0.2, 0.25) is 0 Å². The number of methoxy groups -OCH3 is 1. The van der Waals surface area contributed by atoms with E-state index in [0.29, 0.717) is 25.7 Å². The van der Waals surface area contributed by atoms with Crippen molar-refractivity contribution in [2.75, 3.05) is 26.9 Å². The number of unbranched alkanes of at least 4 members (excludes halogenated alkanes) is 5. The van der Waals surface area contributed by atoms with Crippen molar-refractivity contribution < 1.29 is 130 Å². The van der Waals surface area contributed by atoms with Crippen molar-refractivity contribution in [1.29, 1.82) is 0 Å². The van der Waals surface area contributed by atoms with E-state index in [2.05, 4.69) is 14.2 Å². The van der Waals surface area contributed by atoms with Crippen LogP contribution in [0, 0.1) is 0 Å². The first-order valence-corrected chi connectivity index (χ1v) is 20.9. The second-order valence-electron chi connectivity index (χ2n) is 14.7. The molecule has 0 aromatic heterocycles. The smallest absolute Gasteiger partial charge is 0.726 e. The van der Waals surface area contributed by atoms with Crippen molar-refractivity contribution in [1.82, 2.24) is 5.32 Å². The first kappa shape index (κ1) is 53.5. The van der Waals surface area contributed by atoms with Crippen LogP contribution in [0.1, 0.15) is 79.5 Å². The van der Waals surface area contributed by atoms with Crippen molar-refractivity contribution in [2.24, 2.45) is 0 Å². The third-order valence-electron chi connectivity index (χ3n) is 10.4. The second kappa shape index (κ2) is 25.0. The number of ketones is 1. The van der Waals surface area contributed by atoms with Gasteiger partial charge in [0.05, 0.1) is 32.0 Å². The summed E-state index contributed by atoms with van der Waals surface area (Å²) in [5.74, 6) is -1.63. The summed E-state index contributed by atoms with van der Waals surface area (Å²) in [5, 5.41) is 77.1. The summed E-state index contributed by atoms with van der Waals surface area (Å²) in [4.78, 5) is 38.0. The van der Waals surface area contributed by atoms with Gasteiger partial charge in [0.15, 0.2) is 24.7 Å². The fourth-order valence-corrected chi connectivity index (χ4v) is 7.62. The first-order valence-electron chi connectivity index (χ1n) is 19.5. The Labute approximate surface area is 374 Å². The Morgan fingerprint density at radius 2 is 1.31 bits per heavy atom. The molecule has 15 atom stereocenters. The van der Waals surface area contributed by atoms with Crippen LogP contribution in [0.5, 0.6) is 0 Å². The quantitative estimate of drug-likeness (QED) is 0.0142. The van der Waals surface area contributed by atoms with Gasteiger partial charge in [-0.25, -0.2) is 8.42 Å². The fraction of sp³-hybridized carbons (Fsp3) is 0.757. The van der Waals surface area contributed by atoms with Crippen molar-refractivity contribution in [2.45, 2.75) is 151 Å². The first-order chi connectivity index (χ1) is 28.4. The molecule has 3 fully saturated rings. The van der Waals surface area contributed by atoms with Crippen LogP contribution in [0.4, 0.5) is 0 Å². The average Bonchev–Trinajstić information content (AvgIpc) is 3.21. The van der Waals surface area contributed by atoms with Crippen LogP contribution >= 0.6 is 0 Å². The van der Waals surface area contributed by atoms with Gasteiger partial charge in [-0.1, -0.05) is 43.9 Å². The van der Waals surface area contributed by atoms with Gasteiger partial charge >= 0.3 is 35.5 Å². The van der Waals surface area contributed by atoms with Gasteiger partial charge in [-0.05, 0) is 32.8 Å². The Hall–Kier alpha value is -1.82. The maximum atomic E-state index is 14.1.